The highest BCUT2D eigenvalue weighted by Gasteiger charge is 2.23. The fraction of sp³-hybridized carbons (Fsp3) is 0.438. The van der Waals surface area contributed by atoms with Crippen LogP contribution in [0.25, 0.3) is 0 Å². The molecule has 0 aliphatic carbocycles. The molecule has 1 aromatic carbocycles. The lowest BCUT2D eigenvalue weighted by Crippen LogP contribution is -2.51. The van der Waals surface area contributed by atoms with Crippen molar-refractivity contribution in [3.63, 3.8) is 0 Å². The molecule has 0 saturated carbocycles. The van der Waals surface area contributed by atoms with Crippen molar-refractivity contribution in [1.29, 1.82) is 0 Å². The van der Waals surface area contributed by atoms with Gasteiger partial charge in [-0.15, -0.1) is 0 Å². The minimum atomic E-state index is -0.565. The highest BCUT2D eigenvalue weighted by atomic mass is 35.5. The van der Waals surface area contributed by atoms with Gasteiger partial charge in [0.25, 0.3) is 5.91 Å². The van der Waals surface area contributed by atoms with Crippen LogP contribution in [0.2, 0.25) is 5.02 Å². The molecule has 1 aromatic rings. The van der Waals surface area contributed by atoms with Crippen LogP contribution < -0.4 is 21.3 Å². The number of urea groups is 1. The van der Waals surface area contributed by atoms with E-state index in [0.29, 0.717) is 29.2 Å². The van der Waals surface area contributed by atoms with E-state index in [1.807, 2.05) is 13.8 Å². The van der Waals surface area contributed by atoms with Gasteiger partial charge in [-0.1, -0.05) is 11.6 Å². The van der Waals surface area contributed by atoms with Crippen molar-refractivity contribution in [3.05, 3.63) is 28.8 Å². The monoisotopic (exact) mass is 352 g/mol. The van der Waals surface area contributed by atoms with E-state index in [1.165, 1.54) is 6.07 Å². The maximum atomic E-state index is 12.1. The summed E-state index contributed by atoms with van der Waals surface area (Å²) in [6.45, 7) is 4.34. The molecule has 7 nitrogen and oxygen atoms in total. The molecule has 1 heterocycles. The number of hydrogen-bond donors (Lipinski definition) is 4. The smallest absolute Gasteiger partial charge is 0.319 e. The van der Waals surface area contributed by atoms with Gasteiger partial charge in [0.1, 0.15) is 6.04 Å². The van der Waals surface area contributed by atoms with Crippen molar-refractivity contribution in [3.8, 4) is 0 Å². The Kier molecular flexibility index (Phi) is 6.03. The van der Waals surface area contributed by atoms with Gasteiger partial charge in [-0.2, -0.15) is 0 Å². The summed E-state index contributed by atoms with van der Waals surface area (Å²) < 4.78 is 0. The average molecular weight is 353 g/mol. The van der Waals surface area contributed by atoms with Crippen LogP contribution in [0.1, 0.15) is 37.0 Å². The van der Waals surface area contributed by atoms with Crippen LogP contribution in [0.3, 0.4) is 0 Å². The van der Waals surface area contributed by atoms with E-state index in [1.54, 1.807) is 12.1 Å². The Morgan fingerprint density at radius 1 is 1.33 bits per heavy atom. The first kappa shape index (κ1) is 18.1. The second-order valence-electron chi connectivity index (χ2n) is 5.91. The molecule has 1 fully saturated rings. The standard InChI is InChI=1S/C16H21ClN4O3/c1-9(2)19-14(22)10-5-6-11(17)13(8-10)21-16(24)20-12-4-3-7-18-15(12)23/h5-6,8-9,12H,3-4,7H2,1-2H3,(H,18,23)(H,19,22)(H2,20,21,24). The lowest BCUT2D eigenvalue weighted by molar-refractivity contribution is -0.124. The predicted molar refractivity (Wildman–Crippen MR) is 92.2 cm³/mol. The van der Waals surface area contributed by atoms with Crippen LogP contribution in [0.5, 0.6) is 0 Å². The molecule has 1 saturated heterocycles. The molecule has 0 aromatic heterocycles. The van der Waals surface area contributed by atoms with Crippen molar-refractivity contribution in [2.45, 2.75) is 38.8 Å². The Balaban J connectivity index is 2.04. The maximum Gasteiger partial charge on any atom is 0.319 e. The van der Waals surface area contributed by atoms with Crippen LogP contribution in [-0.2, 0) is 4.79 Å². The first-order valence-corrected chi connectivity index (χ1v) is 8.20. The van der Waals surface area contributed by atoms with Gasteiger partial charge in [0.15, 0.2) is 0 Å². The summed E-state index contributed by atoms with van der Waals surface area (Å²) in [5.41, 5.74) is 0.695. The average Bonchev–Trinajstić information content (AvgIpc) is 2.51. The number of benzene rings is 1. The van der Waals surface area contributed by atoms with Crippen molar-refractivity contribution >= 4 is 35.1 Å². The number of nitrogens with one attached hydrogen (secondary N) is 4. The summed E-state index contributed by atoms with van der Waals surface area (Å²) in [6, 6.07) is 3.51. The molecule has 1 aliphatic rings. The number of piperidine rings is 1. The van der Waals surface area contributed by atoms with Gasteiger partial charge < -0.3 is 21.3 Å². The van der Waals surface area contributed by atoms with Crippen LogP contribution in [0, 0.1) is 0 Å². The Labute approximate surface area is 145 Å². The van der Waals surface area contributed by atoms with E-state index in [-0.39, 0.29) is 17.9 Å². The summed E-state index contributed by atoms with van der Waals surface area (Å²) in [6.07, 6.45) is 1.39. The maximum absolute atomic E-state index is 12.1. The molecule has 8 heteroatoms. The highest BCUT2D eigenvalue weighted by Crippen LogP contribution is 2.23. The third-order valence-electron chi connectivity index (χ3n) is 3.49. The number of carbonyl (C=O) groups excluding carboxylic acids is 3. The predicted octanol–water partition coefficient (Wildman–Crippen LogP) is 1.88. The zero-order chi connectivity index (χ0) is 17.7. The summed E-state index contributed by atoms with van der Waals surface area (Å²) in [5, 5.41) is 11.0. The molecule has 4 amide bonds. The van der Waals surface area contributed by atoms with Gasteiger partial charge >= 0.3 is 6.03 Å². The fourth-order valence-electron chi connectivity index (χ4n) is 2.33. The van der Waals surface area contributed by atoms with E-state index >= 15 is 0 Å². The molecule has 0 spiro atoms. The van der Waals surface area contributed by atoms with Gasteiger partial charge in [0, 0.05) is 18.2 Å². The largest absolute Gasteiger partial charge is 0.354 e. The number of carbonyl (C=O) groups is 3. The van der Waals surface area contributed by atoms with Crippen molar-refractivity contribution in [1.82, 2.24) is 16.0 Å². The first-order chi connectivity index (χ1) is 11.4. The van der Waals surface area contributed by atoms with E-state index in [0.717, 1.165) is 6.42 Å². The highest BCUT2D eigenvalue weighted by molar-refractivity contribution is 6.33. The van der Waals surface area contributed by atoms with Crippen molar-refractivity contribution < 1.29 is 14.4 Å². The van der Waals surface area contributed by atoms with Gasteiger partial charge in [-0.3, -0.25) is 9.59 Å². The summed E-state index contributed by atoms with van der Waals surface area (Å²) in [7, 11) is 0. The molecule has 1 atom stereocenters. The Morgan fingerprint density at radius 2 is 2.08 bits per heavy atom. The van der Waals surface area contributed by atoms with Crippen molar-refractivity contribution in [2.75, 3.05) is 11.9 Å². The summed E-state index contributed by atoms with van der Waals surface area (Å²) >= 11 is 6.07. The third kappa shape index (κ3) is 4.86. The molecule has 1 aliphatic heterocycles. The third-order valence-corrected chi connectivity index (χ3v) is 3.82. The lowest BCUT2D eigenvalue weighted by atomic mass is 10.1. The second kappa shape index (κ2) is 8.01. The number of rotatable bonds is 4. The van der Waals surface area contributed by atoms with E-state index in [4.69, 9.17) is 11.6 Å². The zero-order valence-electron chi connectivity index (χ0n) is 13.6. The number of hydrogen-bond acceptors (Lipinski definition) is 3. The lowest BCUT2D eigenvalue weighted by Gasteiger charge is -2.23. The SMILES string of the molecule is CC(C)NC(=O)c1ccc(Cl)c(NC(=O)NC2CCCNC2=O)c1. The molecule has 0 radical (unpaired) electrons. The molecule has 2 rings (SSSR count). The van der Waals surface area contributed by atoms with Gasteiger partial charge in [-0.25, -0.2) is 4.79 Å². The van der Waals surface area contributed by atoms with E-state index in [2.05, 4.69) is 21.3 Å². The van der Waals surface area contributed by atoms with Crippen LogP contribution >= 0.6 is 11.6 Å². The minimum Gasteiger partial charge on any atom is -0.354 e. The quantitative estimate of drug-likeness (QED) is 0.665. The molecule has 1 unspecified atom stereocenters. The molecular formula is C16H21ClN4O3. The van der Waals surface area contributed by atoms with Gasteiger partial charge in [-0.05, 0) is 44.9 Å². The number of anilines is 1. The number of halogens is 1. The summed E-state index contributed by atoms with van der Waals surface area (Å²) in [4.78, 5) is 35.8. The molecule has 130 valence electrons. The molecular weight excluding hydrogens is 332 g/mol. The molecule has 0 bridgehead atoms. The van der Waals surface area contributed by atoms with Crippen LogP contribution in [-0.4, -0.2) is 36.5 Å². The normalized spacial score (nSPS) is 17.2. The fourth-order valence-corrected chi connectivity index (χ4v) is 2.50. The van der Waals surface area contributed by atoms with Crippen LogP contribution in [0.4, 0.5) is 10.5 Å². The van der Waals surface area contributed by atoms with Crippen molar-refractivity contribution in [2.24, 2.45) is 0 Å². The zero-order valence-corrected chi connectivity index (χ0v) is 14.4. The molecule has 24 heavy (non-hydrogen) atoms. The Bertz CT molecular complexity index is 648. The minimum absolute atomic E-state index is 0.00213. The second-order valence-corrected chi connectivity index (χ2v) is 6.31. The first-order valence-electron chi connectivity index (χ1n) is 7.82. The van der Waals surface area contributed by atoms with Gasteiger partial charge in [0.05, 0.1) is 10.7 Å². The topological polar surface area (TPSA) is 99.3 Å². The van der Waals surface area contributed by atoms with E-state index in [9.17, 15) is 14.4 Å². The Hall–Kier alpha value is -2.28. The van der Waals surface area contributed by atoms with E-state index < -0.39 is 12.1 Å². The number of amides is 4. The molecule has 4 N–H and O–H groups in total. The van der Waals surface area contributed by atoms with Crippen LogP contribution in [0.15, 0.2) is 18.2 Å². The summed E-state index contributed by atoms with van der Waals surface area (Å²) in [5.74, 6) is -0.454. The van der Waals surface area contributed by atoms with Gasteiger partial charge in [0.2, 0.25) is 5.91 Å². The Morgan fingerprint density at radius 3 is 2.75 bits per heavy atom.